The molecule has 6 aromatic carbocycles. The van der Waals surface area contributed by atoms with Crippen molar-refractivity contribution in [2.75, 3.05) is 0 Å². The van der Waals surface area contributed by atoms with Crippen molar-refractivity contribution in [3.63, 3.8) is 0 Å². The molecule has 2 heterocycles. The van der Waals surface area contributed by atoms with E-state index in [0.717, 1.165) is 49.0 Å². The van der Waals surface area contributed by atoms with Gasteiger partial charge in [-0.3, -0.25) is 29.0 Å². The Morgan fingerprint density at radius 1 is 0.442 bits per heavy atom. The summed E-state index contributed by atoms with van der Waals surface area (Å²) in [4.78, 5) is 60.9. The SMILES string of the molecule is C#Cc1ccc(-c2cc3c4c(ccc5c6ccc7c8c(ccc(c2c45)c86)C(=O)N(C(C(C)C)C(C)C)C7=O)C(=O)N(C(C(C)C)C(C)C)C3=O)cc1. The molecular weight excluding hydrogens is 645 g/mol. The standard InChI is InChI=1S/C46H42N2O4/c1-10-26-11-13-27(14-12-26)34-21-35-39-33(45(51)48(46(35)52)42(24(6)7)25(8)9)19-16-29-28-15-18-31-38-32(20-17-30(36(28)38)37(34)40(29)39)44(50)47(43(31)49)41(22(2)3)23(4)5/h1,11-25,41-42H,2-9H3. The first-order valence-corrected chi connectivity index (χ1v) is 18.3. The van der Waals surface area contributed by atoms with E-state index in [9.17, 15) is 19.2 Å². The molecule has 0 unspecified atom stereocenters. The second-order valence-corrected chi connectivity index (χ2v) is 16.0. The van der Waals surface area contributed by atoms with Crippen LogP contribution in [0.3, 0.4) is 0 Å². The van der Waals surface area contributed by atoms with Crippen LogP contribution in [0.4, 0.5) is 0 Å². The molecule has 6 aromatic rings. The number of hydrogen-bond acceptors (Lipinski definition) is 4. The van der Waals surface area contributed by atoms with Gasteiger partial charge in [-0.15, -0.1) is 6.42 Å². The van der Waals surface area contributed by atoms with Gasteiger partial charge < -0.3 is 0 Å². The summed E-state index contributed by atoms with van der Waals surface area (Å²) in [6, 6.07) is 20.6. The fraction of sp³-hybridized carbons (Fsp3) is 0.304. The number of carbonyl (C=O) groups excluding carboxylic acids is 4. The lowest BCUT2D eigenvalue weighted by Gasteiger charge is -2.39. The summed E-state index contributed by atoms with van der Waals surface area (Å²) in [7, 11) is 0. The highest BCUT2D eigenvalue weighted by Gasteiger charge is 2.43. The minimum Gasteiger partial charge on any atom is -0.271 e. The molecule has 0 atom stereocenters. The summed E-state index contributed by atoms with van der Waals surface area (Å²) in [5, 5.41) is 6.38. The first kappa shape index (κ1) is 33.6. The zero-order valence-electron chi connectivity index (χ0n) is 30.9. The third kappa shape index (κ3) is 4.44. The predicted molar refractivity (Wildman–Crippen MR) is 209 cm³/mol. The van der Waals surface area contributed by atoms with Gasteiger partial charge in [-0.05, 0) is 104 Å². The second-order valence-electron chi connectivity index (χ2n) is 16.0. The highest BCUT2D eigenvalue weighted by molar-refractivity contribution is 6.43. The Morgan fingerprint density at radius 3 is 1.29 bits per heavy atom. The van der Waals surface area contributed by atoms with E-state index in [0.29, 0.717) is 33.0 Å². The normalized spacial score (nSPS) is 14.9. The average Bonchev–Trinajstić information content (AvgIpc) is 3.11. The molecule has 0 fully saturated rings. The molecule has 2 aliphatic rings. The van der Waals surface area contributed by atoms with E-state index in [1.54, 1.807) is 0 Å². The number of imide groups is 2. The van der Waals surface area contributed by atoms with Crippen LogP contribution in [0.1, 0.15) is 102 Å². The van der Waals surface area contributed by atoms with Gasteiger partial charge >= 0.3 is 0 Å². The van der Waals surface area contributed by atoms with Gasteiger partial charge in [0.05, 0.1) is 0 Å². The lowest BCUT2D eigenvalue weighted by molar-refractivity contribution is 0.0423. The molecule has 0 N–H and O–H groups in total. The van der Waals surface area contributed by atoms with Crippen molar-refractivity contribution in [1.29, 1.82) is 0 Å². The number of rotatable bonds is 7. The molecule has 4 amide bonds. The highest BCUT2D eigenvalue weighted by Crippen LogP contribution is 2.50. The zero-order valence-corrected chi connectivity index (χ0v) is 30.9. The van der Waals surface area contributed by atoms with Crippen molar-refractivity contribution in [3.05, 3.63) is 94.5 Å². The largest absolute Gasteiger partial charge is 0.271 e. The van der Waals surface area contributed by atoms with Crippen LogP contribution in [0.5, 0.6) is 0 Å². The molecule has 0 spiro atoms. The summed E-state index contributed by atoms with van der Waals surface area (Å²) in [5.74, 6) is 1.82. The minimum absolute atomic E-state index is 0.0577. The van der Waals surface area contributed by atoms with Crippen molar-refractivity contribution in [3.8, 4) is 23.5 Å². The smallest absolute Gasteiger partial charge is 0.261 e. The molecular formula is C46H42N2O4. The number of nitrogens with zero attached hydrogens (tertiary/aromatic N) is 2. The Kier molecular flexibility index (Phi) is 7.59. The van der Waals surface area contributed by atoms with E-state index in [1.807, 2.05) is 94.4 Å². The number of terminal acetylenes is 1. The molecule has 6 nitrogen and oxygen atoms in total. The number of amides is 4. The van der Waals surface area contributed by atoms with Crippen LogP contribution in [-0.4, -0.2) is 45.5 Å². The fourth-order valence-electron chi connectivity index (χ4n) is 9.65. The van der Waals surface area contributed by atoms with Crippen LogP contribution in [0.2, 0.25) is 0 Å². The van der Waals surface area contributed by atoms with Crippen LogP contribution in [-0.2, 0) is 0 Å². The molecule has 0 saturated carbocycles. The van der Waals surface area contributed by atoms with Crippen LogP contribution >= 0.6 is 0 Å². The molecule has 2 aliphatic heterocycles. The Hall–Kier alpha value is -5.54. The monoisotopic (exact) mass is 686 g/mol. The van der Waals surface area contributed by atoms with E-state index in [4.69, 9.17) is 6.42 Å². The maximum Gasteiger partial charge on any atom is 0.261 e. The average molecular weight is 687 g/mol. The summed E-state index contributed by atoms with van der Waals surface area (Å²) in [6.07, 6.45) is 5.74. The van der Waals surface area contributed by atoms with Gasteiger partial charge in [-0.2, -0.15) is 0 Å². The van der Waals surface area contributed by atoms with Crippen LogP contribution in [0.15, 0.2) is 66.7 Å². The van der Waals surface area contributed by atoms with Crippen molar-refractivity contribution in [1.82, 2.24) is 9.80 Å². The first-order chi connectivity index (χ1) is 24.8. The van der Waals surface area contributed by atoms with Crippen molar-refractivity contribution < 1.29 is 19.2 Å². The van der Waals surface area contributed by atoms with Gasteiger partial charge in [0.25, 0.3) is 23.6 Å². The Balaban J connectivity index is 1.51. The van der Waals surface area contributed by atoms with Gasteiger partial charge in [0.2, 0.25) is 0 Å². The third-order valence-corrected chi connectivity index (χ3v) is 11.5. The molecule has 0 bridgehead atoms. The lowest BCUT2D eigenvalue weighted by Crippen LogP contribution is -2.51. The Morgan fingerprint density at radius 2 is 0.846 bits per heavy atom. The van der Waals surface area contributed by atoms with E-state index >= 15 is 0 Å². The topological polar surface area (TPSA) is 74.8 Å². The maximum absolute atomic E-state index is 14.7. The zero-order chi connectivity index (χ0) is 37.1. The van der Waals surface area contributed by atoms with Gasteiger partial charge in [0.1, 0.15) is 0 Å². The predicted octanol–water partition coefficient (Wildman–Crippen LogP) is 9.94. The van der Waals surface area contributed by atoms with Gasteiger partial charge in [-0.1, -0.05) is 91.6 Å². The molecule has 260 valence electrons. The lowest BCUT2D eigenvalue weighted by atomic mass is 9.78. The Labute approximate surface area is 304 Å². The summed E-state index contributed by atoms with van der Waals surface area (Å²) < 4.78 is 0. The van der Waals surface area contributed by atoms with E-state index in [1.165, 1.54) is 9.80 Å². The van der Waals surface area contributed by atoms with Crippen molar-refractivity contribution in [2.45, 2.75) is 67.5 Å². The highest BCUT2D eigenvalue weighted by atomic mass is 16.2. The van der Waals surface area contributed by atoms with Crippen molar-refractivity contribution in [2.24, 2.45) is 23.7 Å². The molecule has 0 aliphatic carbocycles. The summed E-state index contributed by atoms with van der Waals surface area (Å²) in [5.41, 5.74) is 4.41. The number of fused-ring (bicyclic) bond motifs is 2. The number of benzene rings is 6. The van der Waals surface area contributed by atoms with Crippen LogP contribution < -0.4 is 0 Å². The van der Waals surface area contributed by atoms with Crippen LogP contribution in [0, 0.1) is 36.0 Å². The van der Waals surface area contributed by atoms with E-state index in [-0.39, 0.29) is 59.4 Å². The van der Waals surface area contributed by atoms with Gasteiger partial charge in [0, 0.05) is 50.7 Å². The Bertz CT molecular complexity index is 2550. The van der Waals surface area contributed by atoms with Crippen LogP contribution in [0.25, 0.3) is 54.2 Å². The number of hydrogen-bond donors (Lipinski definition) is 0. The summed E-state index contributed by atoms with van der Waals surface area (Å²) >= 11 is 0. The molecule has 0 saturated heterocycles. The first-order valence-electron chi connectivity index (χ1n) is 18.3. The quantitative estimate of drug-likeness (QED) is 0.0725. The van der Waals surface area contributed by atoms with E-state index < -0.39 is 0 Å². The maximum atomic E-state index is 14.7. The molecule has 52 heavy (non-hydrogen) atoms. The van der Waals surface area contributed by atoms with Crippen molar-refractivity contribution >= 4 is 66.7 Å². The van der Waals surface area contributed by atoms with E-state index in [2.05, 4.69) is 33.6 Å². The third-order valence-electron chi connectivity index (χ3n) is 11.5. The fourth-order valence-corrected chi connectivity index (χ4v) is 9.65. The molecule has 0 radical (unpaired) electrons. The molecule has 0 aromatic heterocycles. The van der Waals surface area contributed by atoms with Gasteiger partial charge in [-0.25, -0.2) is 0 Å². The summed E-state index contributed by atoms with van der Waals surface area (Å²) in [6.45, 7) is 16.4. The molecule has 6 heteroatoms. The second kappa shape index (κ2) is 11.7. The van der Waals surface area contributed by atoms with Gasteiger partial charge in [0.15, 0.2) is 0 Å². The molecule has 8 rings (SSSR count). The minimum atomic E-state index is -0.299. The number of carbonyl (C=O) groups is 4.